The largest absolute Gasteiger partial charge is 0.361 e. The molecule has 6 nitrogen and oxygen atoms in total. The molecule has 0 aliphatic carbocycles. The van der Waals surface area contributed by atoms with E-state index in [1.165, 1.54) is 5.56 Å². The summed E-state index contributed by atoms with van der Waals surface area (Å²) in [4.78, 5) is 26.7. The summed E-state index contributed by atoms with van der Waals surface area (Å²) < 4.78 is 2.08. The molecule has 0 saturated heterocycles. The minimum absolute atomic E-state index is 0.101. The molecule has 0 fully saturated rings. The van der Waals surface area contributed by atoms with Crippen molar-refractivity contribution in [2.75, 3.05) is 6.54 Å². The lowest BCUT2D eigenvalue weighted by Crippen LogP contribution is -2.28. The fourth-order valence-corrected chi connectivity index (χ4v) is 3.43. The van der Waals surface area contributed by atoms with Crippen molar-refractivity contribution in [1.82, 2.24) is 24.4 Å². The third-order valence-electron chi connectivity index (χ3n) is 4.86. The van der Waals surface area contributed by atoms with Crippen molar-refractivity contribution in [3.05, 3.63) is 95.1 Å². The van der Waals surface area contributed by atoms with E-state index in [4.69, 9.17) is 0 Å². The number of rotatable bonds is 8. The van der Waals surface area contributed by atoms with Crippen LogP contribution in [0, 0.1) is 0 Å². The zero-order valence-corrected chi connectivity index (χ0v) is 15.7. The molecule has 4 rings (SSSR count). The lowest BCUT2D eigenvalue weighted by Gasteiger charge is -2.22. The van der Waals surface area contributed by atoms with Crippen molar-refractivity contribution in [2.24, 2.45) is 0 Å². The third kappa shape index (κ3) is 4.35. The molecule has 142 valence electrons. The fourth-order valence-electron chi connectivity index (χ4n) is 3.43. The molecule has 1 N–H and O–H groups in total. The summed E-state index contributed by atoms with van der Waals surface area (Å²) >= 11 is 0. The number of nitrogens with zero attached hydrogens (tertiary/aromatic N) is 4. The molecule has 0 atom stereocenters. The number of aromatic amines is 1. The van der Waals surface area contributed by atoms with Crippen molar-refractivity contribution in [2.45, 2.75) is 26.1 Å². The molecule has 0 spiro atoms. The van der Waals surface area contributed by atoms with E-state index in [9.17, 15) is 4.79 Å². The molecular formula is C22H23N5O. The maximum atomic E-state index is 12.9. The number of pyridine rings is 2. The molecule has 0 aliphatic heterocycles. The second kappa shape index (κ2) is 8.63. The van der Waals surface area contributed by atoms with Crippen LogP contribution in [0.3, 0.4) is 0 Å². The molecule has 0 aliphatic rings. The van der Waals surface area contributed by atoms with Crippen LogP contribution in [0.1, 0.15) is 17.5 Å². The standard InChI is InChI=1S/C22H23N5O/c28-22-19(14-25-21-5-2-1-4-20(21)22)16-27(15-18-6-8-23-9-7-18)12-3-11-26-13-10-24-17-26/h1-2,4-10,13-14,17H,3,11-12,15-16H2,(H,25,28). The summed E-state index contributed by atoms with van der Waals surface area (Å²) in [5.74, 6) is 0. The molecule has 28 heavy (non-hydrogen) atoms. The lowest BCUT2D eigenvalue weighted by molar-refractivity contribution is 0.247. The van der Waals surface area contributed by atoms with Gasteiger partial charge in [-0.1, -0.05) is 12.1 Å². The number of aryl methyl sites for hydroxylation is 1. The molecule has 4 aromatic rings. The second-order valence-electron chi connectivity index (χ2n) is 6.91. The monoisotopic (exact) mass is 373 g/mol. The lowest BCUT2D eigenvalue weighted by atomic mass is 10.1. The van der Waals surface area contributed by atoms with Crippen molar-refractivity contribution in [3.8, 4) is 0 Å². The third-order valence-corrected chi connectivity index (χ3v) is 4.86. The number of hydrogen-bond donors (Lipinski definition) is 1. The topological polar surface area (TPSA) is 66.8 Å². The second-order valence-corrected chi connectivity index (χ2v) is 6.91. The summed E-state index contributed by atoms with van der Waals surface area (Å²) in [6.07, 6.45) is 12.0. The Morgan fingerprint density at radius 3 is 2.68 bits per heavy atom. The van der Waals surface area contributed by atoms with Crippen LogP contribution in [0.5, 0.6) is 0 Å². The predicted octanol–water partition coefficient (Wildman–Crippen LogP) is 3.21. The summed E-state index contributed by atoms with van der Waals surface area (Å²) in [6, 6.07) is 11.7. The fraction of sp³-hybridized carbons (Fsp3) is 0.227. The van der Waals surface area contributed by atoms with Crippen molar-refractivity contribution in [1.29, 1.82) is 0 Å². The number of imidazole rings is 1. The van der Waals surface area contributed by atoms with Gasteiger partial charge in [-0.3, -0.25) is 14.7 Å². The molecule has 0 bridgehead atoms. The Hall–Kier alpha value is -3.25. The first-order chi connectivity index (χ1) is 13.8. The van der Waals surface area contributed by atoms with Gasteiger partial charge < -0.3 is 9.55 Å². The molecule has 0 amide bonds. The first-order valence-electron chi connectivity index (χ1n) is 9.46. The molecule has 0 radical (unpaired) electrons. The number of H-pyrrole nitrogens is 1. The van der Waals surface area contributed by atoms with Gasteiger partial charge in [0.15, 0.2) is 5.43 Å². The summed E-state index contributed by atoms with van der Waals surface area (Å²) in [6.45, 7) is 3.17. The highest BCUT2D eigenvalue weighted by molar-refractivity contribution is 5.78. The van der Waals surface area contributed by atoms with Gasteiger partial charge in [-0.05, 0) is 36.2 Å². The van der Waals surface area contributed by atoms with Crippen LogP contribution in [0.2, 0.25) is 0 Å². The number of aromatic nitrogens is 4. The molecule has 0 saturated carbocycles. The van der Waals surface area contributed by atoms with Gasteiger partial charge in [0.2, 0.25) is 0 Å². The normalized spacial score (nSPS) is 11.3. The SMILES string of the molecule is O=c1c(CN(CCCn2ccnc2)Cc2ccncc2)c[nH]c2ccccc12. The Kier molecular flexibility index (Phi) is 5.58. The van der Waals surface area contributed by atoms with E-state index in [0.29, 0.717) is 6.54 Å². The van der Waals surface area contributed by atoms with E-state index in [-0.39, 0.29) is 5.43 Å². The first-order valence-corrected chi connectivity index (χ1v) is 9.46. The van der Waals surface area contributed by atoms with Crippen molar-refractivity contribution < 1.29 is 0 Å². The van der Waals surface area contributed by atoms with Gasteiger partial charge in [-0.25, -0.2) is 4.98 Å². The summed E-state index contributed by atoms with van der Waals surface area (Å²) in [5.41, 5.74) is 2.95. The van der Waals surface area contributed by atoms with Crippen LogP contribution in [-0.4, -0.2) is 31.0 Å². The number of para-hydroxylation sites is 1. The highest BCUT2D eigenvalue weighted by atomic mass is 16.1. The number of hydrogen-bond acceptors (Lipinski definition) is 4. The van der Waals surface area contributed by atoms with Crippen LogP contribution < -0.4 is 5.43 Å². The van der Waals surface area contributed by atoms with Gasteiger partial charge >= 0.3 is 0 Å². The highest BCUT2D eigenvalue weighted by Gasteiger charge is 2.11. The molecular weight excluding hydrogens is 350 g/mol. The van der Waals surface area contributed by atoms with E-state index in [2.05, 4.69) is 24.4 Å². The Morgan fingerprint density at radius 1 is 1.00 bits per heavy atom. The van der Waals surface area contributed by atoms with Gasteiger partial charge in [-0.15, -0.1) is 0 Å². The van der Waals surface area contributed by atoms with Crippen LogP contribution in [0.4, 0.5) is 0 Å². The highest BCUT2D eigenvalue weighted by Crippen LogP contribution is 2.12. The average molecular weight is 373 g/mol. The van der Waals surface area contributed by atoms with Gasteiger partial charge in [0.25, 0.3) is 0 Å². The van der Waals surface area contributed by atoms with E-state index < -0.39 is 0 Å². The van der Waals surface area contributed by atoms with Crippen LogP contribution in [0.25, 0.3) is 10.9 Å². The van der Waals surface area contributed by atoms with Crippen molar-refractivity contribution >= 4 is 10.9 Å². The average Bonchev–Trinajstić information content (AvgIpc) is 3.24. The Bertz CT molecular complexity index is 1070. The quantitative estimate of drug-likeness (QED) is 0.515. The van der Waals surface area contributed by atoms with E-state index in [1.54, 1.807) is 6.20 Å². The molecule has 1 aromatic carbocycles. The molecule has 3 aromatic heterocycles. The summed E-state index contributed by atoms with van der Waals surface area (Å²) in [5, 5.41) is 0.738. The number of benzene rings is 1. The Labute approximate surface area is 163 Å². The Morgan fingerprint density at radius 2 is 1.86 bits per heavy atom. The van der Waals surface area contributed by atoms with Gasteiger partial charge in [0, 0.05) is 73.6 Å². The Balaban J connectivity index is 1.52. The zero-order valence-electron chi connectivity index (χ0n) is 15.7. The van der Waals surface area contributed by atoms with E-state index in [0.717, 1.165) is 42.5 Å². The minimum Gasteiger partial charge on any atom is -0.361 e. The molecule has 6 heteroatoms. The van der Waals surface area contributed by atoms with Crippen LogP contribution in [-0.2, 0) is 19.6 Å². The smallest absolute Gasteiger partial charge is 0.193 e. The van der Waals surface area contributed by atoms with Gasteiger partial charge in [-0.2, -0.15) is 0 Å². The molecule has 3 heterocycles. The van der Waals surface area contributed by atoms with Crippen LogP contribution in [0.15, 0.2) is 78.5 Å². The van der Waals surface area contributed by atoms with Crippen molar-refractivity contribution in [3.63, 3.8) is 0 Å². The number of nitrogens with one attached hydrogen (secondary N) is 1. The molecule has 0 unspecified atom stereocenters. The maximum absolute atomic E-state index is 12.9. The zero-order chi connectivity index (χ0) is 19.2. The minimum atomic E-state index is 0.101. The van der Waals surface area contributed by atoms with E-state index in [1.807, 2.05) is 67.5 Å². The van der Waals surface area contributed by atoms with Crippen LogP contribution >= 0.6 is 0 Å². The predicted molar refractivity (Wildman–Crippen MR) is 110 cm³/mol. The van der Waals surface area contributed by atoms with E-state index >= 15 is 0 Å². The first kappa shape index (κ1) is 18.1. The number of fused-ring (bicyclic) bond motifs is 1. The van der Waals surface area contributed by atoms with Gasteiger partial charge in [0.05, 0.1) is 6.33 Å². The van der Waals surface area contributed by atoms with Gasteiger partial charge in [0.1, 0.15) is 0 Å². The maximum Gasteiger partial charge on any atom is 0.193 e. The summed E-state index contributed by atoms with van der Waals surface area (Å²) in [7, 11) is 0.